The van der Waals surface area contributed by atoms with Crippen molar-refractivity contribution in [1.29, 1.82) is 0 Å². The number of anilines is 1. The van der Waals surface area contributed by atoms with Gasteiger partial charge in [0.2, 0.25) is 10.0 Å². The number of carbonyl (C=O) groups excluding carboxylic acids is 1. The van der Waals surface area contributed by atoms with E-state index in [-0.39, 0.29) is 21.9 Å². The minimum atomic E-state index is -3.68. The number of methoxy groups -OCH3 is 1. The second-order valence-corrected chi connectivity index (χ2v) is 7.85. The molecule has 1 aliphatic rings. The van der Waals surface area contributed by atoms with Crippen molar-refractivity contribution < 1.29 is 22.3 Å². The van der Waals surface area contributed by atoms with Gasteiger partial charge in [0.05, 0.1) is 23.3 Å². The summed E-state index contributed by atoms with van der Waals surface area (Å²) in [5.41, 5.74) is 0.0309. The summed E-state index contributed by atoms with van der Waals surface area (Å²) < 4.78 is 45.8. The molecule has 1 amide bonds. The Balaban J connectivity index is 1.95. The summed E-state index contributed by atoms with van der Waals surface area (Å²) in [6, 6.07) is 9.85. The van der Waals surface area contributed by atoms with Crippen LogP contribution < -0.4 is 10.1 Å². The lowest BCUT2D eigenvalue weighted by Crippen LogP contribution is -2.28. The van der Waals surface area contributed by atoms with Crippen molar-refractivity contribution in [3.8, 4) is 5.75 Å². The molecule has 0 radical (unpaired) electrons. The molecule has 1 N–H and O–H groups in total. The van der Waals surface area contributed by atoms with Gasteiger partial charge in [-0.05, 0) is 43.2 Å². The third-order valence-corrected chi connectivity index (χ3v) is 6.14. The van der Waals surface area contributed by atoms with Crippen LogP contribution in [0.15, 0.2) is 47.4 Å². The van der Waals surface area contributed by atoms with Gasteiger partial charge in [-0.2, -0.15) is 4.31 Å². The molecular formula is C18H19FN2O4S. The number of amides is 1. The van der Waals surface area contributed by atoms with Gasteiger partial charge in [-0.3, -0.25) is 4.79 Å². The predicted molar refractivity (Wildman–Crippen MR) is 95.3 cm³/mol. The number of hydrogen-bond donors (Lipinski definition) is 1. The van der Waals surface area contributed by atoms with Crippen LogP contribution in [0.3, 0.4) is 0 Å². The Kier molecular flexibility index (Phi) is 5.24. The van der Waals surface area contributed by atoms with Crippen LogP contribution in [-0.4, -0.2) is 38.8 Å². The van der Waals surface area contributed by atoms with Gasteiger partial charge in [-0.15, -0.1) is 0 Å². The molecule has 1 aliphatic heterocycles. The molecule has 0 saturated carbocycles. The fourth-order valence-electron chi connectivity index (χ4n) is 2.85. The SMILES string of the molecule is COc1ccc(S(=O)(=O)N2CCCC2)cc1C(=O)Nc1ccccc1F. The zero-order valence-corrected chi connectivity index (χ0v) is 15.1. The Bertz CT molecular complexity index is 925. The van der Waals surface area contributed by atoms with E-state index in [0.717, 1.165) is 12.8 Å². The number of hydrogen-bond acceptors (Lipinski definition) is 4. The highest BCUT2D eigenvalue weighted by Crippen LogP contribution is 2.27. The monoisotopic (exact) mass is 378 g/mol. The Hall–Kier alpha value is -2.45. The van der Waals surface area contributed by atoms with Gasteiger partial charge in [0.1, 0.15) is 11.6 Å². The van der Waals surface area contributed by atoms with Gasteiger partial charge in [0.15, 0.2) is 0 Å². The number of nitrogens with one attached hydrogen (secondary N) is 1. The Morgan fingerprint density at radius 1 is 1.15 bits per heavy atom. The molecule has 0 aromatic heterocycles. The number of carbonyl (C=O) groups is 1. The van der Waals surface area contributed by atoms with Gasteiger partial charge in [0.25, 0.3) is 5.91 Å². The lowest BCUT2D eigenvalue weighted by molar-refractivity contribution is 0.102. The lowest BCUT2D eigenvalue weighted by Gasteiger charge is -2.17. The van der Waals surface area contributed by atoms with Gasteiger partial charge in [-0.25, -0.2) is 12.8 Å². The maximum Gasteiger partial charge on any atom is 0.259 e. The Labute approximate surface area is 151 Å². The van der Waals surface area contributed by atoms with E-state index in [9.17, 15) is 17.6 Å². The van der Waals surface area contributed by atoms with Crippen molar-refractivity contribution in [2.75, 3.05) is 25.5 Å². The van der Waals surface area contributed by atoms with E-state index in [2.05, 4.69) is 5.32 Å². The van der Waals surface area contributed by atoms with Gasteiger partial charge >= 0.3 is 0 Å². The van der Waals surface area contributed by atoms with Crippen LogP contribution in [0.25, 0.3) is 0 Å². The van der Waals surface area contributed by atoms with E-state index >= 15 is 0 Å². The largest absolute Gasteiger partial charge is 0.496 e. The minimum absolute atomic E-state index is 0.00681. The molecule has 138 valence electrons. The van der Waals surface area contributed by atoms with E-state index in [4.69, 9.17) is 4.74 Å². The van der Waals surface area contributed by atoms with Crippen molar-refractivity contribution in [3.63, 3.8) is 0 Å². The summed E-state index contributed by atoms with van der Waals surface area (Å²) in [6.45, 7) is 0.927. The number of sulfonamides is 1. The molecule has 2 aromatic rings. The molecule has 0 bridgehead atoms. The van der Waals surface area contributed by atoms with E-state index in [1.54, 1.807) is 6.07 Å². The topological polar surface area (TPSA) is 75.7 Å². The molecule has 2 aromatic carbocycles. The van der Waals surface area contributed by atoms with Crippen molar-refractivity contribution in [1.82, 2.24) is 4.31 Å². The maximum atomic E-state index is 13.8. The Morgan fingerprint density at radius 2 is 1.85 bits per heavy atom. The van der Waals surface area contributed by atoms with E-state index in [1.165, 1.54) is 47.8 Å². The normalized spacial score (nSPS) is 15.0. The van der Waals surface area contributed by atoms with Gasteiger partial charge in [-0.1, -0.05) is 12.1 Å². The van der Waals surface area contributed by atoms with Crippen molar-refractivity contribution >= 4 is 21.6 Å². The summed E-state index contributed by atoms with van der Waals surface area (Å²) >= 11 is 0. The number of ether oxygens (including phenoxy) is 1. The number of nitrogens with zero attached hydrogens (tertiary/aromatic N) is 1. The molecule has 0 atom stereocenters. The molecular weight excluding hydrogens is 359 g/mol. The Morgan fingerprint density at radius 3 is 2.50 bits per heavy atom. The smallest absolute Gasteiger partial charge is 0.259 e. The second-order valence-electron chi connectivity index (χ2n) is 5.91. The molecule has 0 aliphatic carbocycles. The van der Waals surface area contributed by atoms with Crippen LogP contribution in [0.1, 0.15) is 23.2 Å². The molecule has 1 saturated heterocycles. The summed E-state index contributed by atoms with van der Waals surface area (Å²) in [5, 5.41) is 2.45. The van der Waals surface area contributed by atoms with Crippen LogP contribution in [0.2, 0.25) is 0 Å². The second kappa shape index (κ2) is 7.43. The highest BCUT2D eigenvalue weighted by molar-refractivity contribution is 7.89. The number of rotatable bonds is 5. The zero-order chi connectivity index (χ0) is 18.7. The number of para-hydroxylation sites is 1. The van der Waals surface area contributed by atoms with Crippen molar-refractivity contribution in [3.05, 3.63) is 53.8 Å². The first kappa shape index (κ1) is 18.3. The molecule has 26 heavy (non-hydrogen) atoms. The molecule has 0 unspecified atom stereocenters. The maximum absolute atomic E-state index is 13.8. The quantitative estimate of drug-likeness (QED) is 0.868. The highest BCUT2D eigenvalue weighted by Gasteiger charge is 2.28. The third-order valence-electron chi connectivity index (χ3n) is 4.24. The third kappa shape index (κ3) is 3.56. The number of benzene rings is 2. The summed E-state index contributed by atoms with van der Waals surface area (Å²) in [4.78, 5) is 12.6. The fraction of sp³-hybridized carbons (Fsp3) is 0.278. The first-order chi connectivity index (χ1) is 12.4. The average molecular weight is 378 g/mol. The minimum Gasteiger partial charge on any atom is -0.496 e. The van der Waals surface area contributed by atoms with Crippen LogP contribution in [0.4, 0.5) is 10.1 Å². The highest BCUT2D eigenvalue weighted by atomic mass is 32.2. The molecule has 8 heteroatoms. The molecule has 1 heterocycles. The van der Waals surface area contributed by atoms with Crippen molar-refractivity contribution in [2.24, 2.45) is 0 Å². The van der Waals surface area contributed by atoms with Crippen molar-refractivity contribution in [2.45, 2.75) is 17.7 Å². The summed E-state index contributed by atoms with van der Waals surface area (Å²) in [5.74, 6) is -1.02. The van der Waals surface area contributed by atoms with Crippen LogP contribution in [-0.2, 0) is 10.0 Å². The first-order valence-corrected chi connectivity index (χ1v) is 9.61. The molecule has 3 rings (SSSR count). The van der Waals surface area contributed by atoms with E-state index in [1.807, 2.05) is 0 Å². The fourth-order valence-corrected chi connectivity index (χ4v) is 4.40. The molecule has 0 spiro atoms. The molecule has 1 fully saturated rings. The van der Waals surface area contributed by atoms with Gasteiger partial charge < -0.3 is 10.1 Å². The standard InChI is InChI=1S/C18H19FN2O4S/c1-25-17-9-8-13(26(23,24)21-10-4-5-11-21)12-14(17)18(22)20-16-7-3-2-6-15(16)19/h2-3,6-9,12H,4-5,10-11H2,1H3,(H,20,22). The summed E-state index contributed by atoms with van der Waals surface area (Å²) in [7, 11) is -2.30. The lowest BCUT2D eigenvalue weighted by atomic mass is 10.2. The average Bonchev–Trinajstić information content (AvgIpc) is 3.18. The summed E-state index contributed by atoms with van der Waals surface area (Å²) in [6.07, 6.45) is 1.63. The number of halogens is 1. The zero-order valence-electron chi connectivity index (χ0n) is 14.2. The van der Waals surface area contributed by atoms with E-state index in [0.29, 0.717) is 13.1 Å². The first-order valence-electron chi connectivity index (χ1n) is 8.17. The van der Waals surface area contributed by atoms with E-state index < -0.39 is 21.7 Å². The van der Waals surface area contributed by atoms with Crippen LogP contribution in [0, 0.1) is 5.82 Å². The predicted octanol–water partition coefficient (Wildman–Crippen LogP) is 2.87. The molecule has 6 nitrogen and oxygen atoms in total. The van der Waals surface area contributed by atoms with Crippen LogP contribution in [0.5, 0.6) is 5.75 Å². The van der Waals surface area contributed by atoms with Crippen LogP contribution >= 0.6 is 0 Å². The van der Waals surface area contributed by atoms with Gasteiger partial charge in [0, 0.05) is 13.1 Å².